The molecule has 0 unspecified atom stereocenters. The second-order valence-corrected chi connectivity index (χ2v) is 6.45. The van der Waals surface area contributed by atoms with Crippen LogP contribution in [0.15, 0.2) is 54.6 Å². The number of aryl methyl sites for hydroxylation is 1. The predicted octanol–water partition coefficient (Wildman–Crippen LogP) is 2.57. The Hall–Kier alpha value is -3.15. The Morgan fingerprint density at radius 1 is 1.19 bits per heavy atom. The maximum Gasteiger partial charge on any atom is 0.227 e. The number of carbonyl (C=O) groups excluding carboxylic acids is 1. The zero-order valence-electron chi connectivity index (χ0n) is 14.5. The van der Waals surface area contributed by atoms with Gasteiger partial charge in [-0.1, -0.05) is 48.5 Å². The topological polar surface area (TPSA) is 79.9 Å². The van der Waals surface area contributed by atoms with E-state index in [1.54, 1.807) is 0 Å². The molecule has 2 atom stereocenters. The largest absolute Gasteiger partial charge is 0.492 e. The third kappa shape index (κ3) is 3.31. The number of H-pyrrole nitrogens is 1. The second kappa shape index (κ2) is 7.00. The Kier molecular flexibility index (Phi) is 4.39. The molecular weight excluding hydrogens is 328 g/mol. The van der Waals surface area contributed by atoms with E-state index in [1.165, 1.54) is 0 Å². The van der Waals surface area contributed by atoms with Crippen molar-refractivity contribution in [1.82, 2.24) is 20.5 Å². The van der Waals surface area contributed by atoms with Crippen molar-refractivity contribution in [2.75, 3.05) is 6.61 Å². The molecule has 2 N–H and O–H groups in total. The molecule has 0 aliphatic carbocycles. The van der Waals surface area contributed by atoms with Crippen LogP contribution in [-0.2, 0) is 11.2 Å². The molecule has 3 aromatic rings. The highest BCUT2D eigenvalue weighted by molar-refractivity contribution is 5.80. The molecule has 26 heavy (non-hydrogen) atoms. The first kappa shape index (κ1) is 16.3. The van der Waals surface area contributed by atoms with Gasteiger partial charge in [-0.3, -0.25) is 9.89 Å². The average Bonchev–Trinajstić information content (AvgIpc) is 3.12. The third-order valence-electron chi connectivity index (χ3n) is 4.54. The van der Waals surface area contributed by atoms with Crippen LogP contribution in [0.5, 0.6) is 5.75 Å². The van der Waals surface area contributed by atoms with Crippen LogP contribution in [0, 0.1) is 12.8 Å². The molecule has 2 heterocycles. The van der Waals surface area contributed by atoms with Gasteiger partial charge >= 0.3 is 0 Å². The van der Waals surface area contributed by atoms with E-state index in [0.29, 0.717) is 24.7 Å². The molecule has 2 aromatic carbocycles. The number of hydrogen-bond donors (Lipinski definition) is 2. The number of hydrogen-bond acceptors (Lipinski definition) is 4. The van der Waals surface area contributed by atoms with Crippen LogP contribution in [0.4, 0.5) is 0 Å². The second-order valence-electron chi connectivity index (χ2n) is 6.45. The van der Waals surface area contributed by atoms with Crippen molar-refractivity contribution >= 4 is 5.91 Å². The van der Waals surface area contributed by atoms with E-state index < -0.39 is 6.04 Å². The van der Waals surface area contributed by atoms with Crippen LogP contribution in [0.3, 0.4) is 0 Å². The third-order valence-corrected chi connectivity index (χ3v) is 4.54. The number of para-hydroxylation sites is 1. The summed E-state index contributed by atoms with van der Waals surface area (Å²) >= 11 is 0. The Morgan fingerprint density at radius 2 is 1.96 bits per heavy atom. The SMILES string of the molecule is Cc1nc([C@H](NC(=O)[C@H]2COc3ccccc3C2)c2ccccc2)n[nH]1. The first-order valence-corrected chi connectivity index (χ1v) is 8.65. The number of carbonyl (C=O) groups is 1. The summed E-state index contributed by atoms with van der Waals surface area (Å²) in [6.07, 6.45) is 0.663. The molecule has 0 saturated carbocycles. The maximum atomic E-state index is 12.9. The maximum absolute atomic E-state index is 12.9. The first-order chi connectivity index (χ1) is 12.7. The van der Waals surface area contributed by atoms with Gasteiger partial charge < -0.3 is 10.1 Å². The molecule has 6 nitrogen and oxygen atoms in total. The van der Waals surface area contributed by atoms with Crippen LogP contribution in [0.25, 0.3) is 0 Å². The molecule has 0 saturated heterocycles. The first-order valence-electron chi connectivity index (χ1n) is 8.65. The van der Waals surface area contributed by atoms with E-state index in [2.05, 4.69) is 20.5 Å². The summed E-state index contributed by atoms with van der Waals surface area (Å²) in [7, 11) is 0. The van der Waals surface area contributed by atoms with Gasteiger partial charge in [-0.05, 0) is 30.5 Å². The van der Waals surface area contributed by atoms with Crippen LogP contribution in [0.1, 0.15) is 28.8 Å². The van der Waals surface area contributed by atoms with Gasteiger partial charge in [0.25, 0.3) is 0 Å². The highest BCUT2D eigenvalue weighted by atomic mass is 16.5. The highest BCUT2D eigenvalue weighted by Gasteiger charge is 2.29. The smallest absolute Gasteiger partial charge is 0.227 e. The number of fused-ring (bicyclic) bond motifs is 1. The molecular formula is C20H20N4O2. The quantitative estimate of drug-likeness (QED) is 0.759. The zero-order valence-corrected chi connectivity index (χ0v) is 14.5. The molecule has 0 spiro atoms. The zero-order chi connectivity index (χ0) is 17.9. The van der Waals surface area contributed by atoms with Gasteiger partial charge in [0.15, 0.2) is 5.82 Å². The minimum atomic E-state index is -0.397. The molecule has 0 fully saturated rings. The van der Waals surface area contributed by atoms with E-state index in [1.807, 2.05) is 61.5 Å². The number of nitrogens with one attached hydrogen (secondary N) is 2. The molecule has 132 valence electrons. The summed E-state index contributed by atoms with van der Waals surface area (Å²) in [6, 6.07) is 17.2. The molecule has 0 bridgehead atoms. The van der Waals surface area contributed by atoms with E-state index >= 15 is 0 Å². The van der Waals surface area contributed by atoms with Gasteiger partial charge in [0.05, 0.1) is 5.92 Å². The van der Waals surface area contributed by atoms with Gasteiger partial charge in [-0.2, -0.15) is 5.10 Å². The Bertz CT molecular complexity index is 907. The van der Waals surface area contributed by atoms with Crippen molar-refractivity contribution in [3.8, 4) is 5.75 Å². The van der Waals surface area contributed by atoms with Gasteiger partial charge in [0, 0.05) is 0 Å². The van der Waals surface area contributed by atoms with E-state index in [-0.39, 0.29) is 11.8 Å². The lowest BCUT2D eigenvalue weighted by Crippen LogP contribution is -2.39. The lowest BCUT2D eigenvalue weighted by atomic mass is 9.95. The molecule has 1 aromatic heterocycles. The molecule has 1 aliphatic heterocycles. The van der Waals surface area contributed by atoms with Crippen LogP contribution >= 0.6 is 0 Å². The number of benzene rings is 2. The van der Waals surface area contributed by atoms with Gasteiger partial charge in [0.1, 0.15) is 24.2 Å². The number of aromatic amines is 1. The summed E-state index contributed by atoms with van der Waals surface area (Å²) in [5, 5.41) is 10.2. The van der Waals surface area contributed by atoms with Crippen molar-refractivity contribution in [3.63, 3.8) is 0 Å². The lowest BCUT2D eigenvalue weighted by Gasteiger charge is -2.26. The molecule has 0 radical (unpaired) electrons. The highest BCUT2D eigenvalue weighted by Crippen LogP contribution is 2.28. The number of aromatic nitrogens is 3. The molecule has 4 rings (SSSR count). The predicted molar refractivity (Wildman–Crippen MR) is 96.7 cm³/mol. The molecule has 1 amide bonds. The van der Waals surface area contributed by atoms with Crippen LogP contribution in [0.2, 0.25) is 0 Å². The molecule has 6 heteroatoms. The summed E-state index contributed by atoms with van der Waals surface area (Å²) < 4.78 is 5.76. The summed E-state index contributed by atoms with van der Waals surface area (Å²) in [6.45, 7) is 2.21. The van der Waals surface area contributed by atoms with Crippen molar-refractivity contribution in [3.05, 3.63) is 77.4 Å². The van der Waals surface area contributed by atoms with E-state index in [4.69, 9.17) is 4.74 Å². The average molecular weight is 348 g/mol. The molecule has 1 aliphatic rings. The van der Waals surface area contributed by atoms with Crippen molar-refractivity contribution in [2.45, 2.75) is 19.4 Å². The fourth-order valence-corrected chi connectivity index (χ4v) is 3.19. The van der Waals surface area contributed by atoms with Crippen LogP contribution in [-0.4, -0.2) is 27.7 Å². The normalized spacial score (nSPS) is 17.0. The van der Waals surface area contributed by atoms with Crippen molar-refractivity contribution in [1.29, 1.82) is 0 Å². The summed E-state index contributed by atoms with van der Waals surface area (Å²) in [5.74, 6) is 1.83. The standard InChI is InChI=1S/C20H20N4O2/c1-13-21-19(24-23-13)18(14-7-3-2-4-8-14)22-20(25)16-11-15-9-5-6-10-17(15)26-12-16/h2-10,16,18H,11-12H2,1H3,(H,22,25)(H,21,23,24)/t16-,18-/m1/s1. The number of amides is 1. The Balaban J connectivity index is 1.55. The fourth-order valence-electron chi connectivity index (χ4n) is 3.19. The monoisotopic (exact) mass is 348 g/mol. The van der Waals surface area contributed by atoms with E-state index in [0.717, 1.165) is 16.9 Å². The van der Waals surface area contributed by atoms with Gasteiger partial charge in [-0.25, -0.2) is 4.98 Å². The lowest BCUT2D eigenvalue weighted by molar-refractivity contribution is -0.126. The Labute approximate surface area is 151 Å². The summed E-state index contributed by atoms with van der Waals surface area (Å²) in [5.41, 5.74) is 2.00. The Morgan fingerprint density at radius 3 is 2.73 bits per heavy atom. The minimum Gasteiger partial charge on any atom is -0.492 e. The number of ether oxygens (including phenoxy) is 1. The number of rotatable bonds is 4. The van der Waals surface area contributed by atoms with Crippen molar-refractivity contribution < 1.29 is 9.53 Å². The van der Waals surface area contributed by atoms with Crippen molar-refractivity contribution in [2.24, 2.45) is 5.92 Å². The fraction of sp³-hybridized carbons (Fsp3) is 0.250. The van der Waals surface area contributed by atoms with Gasteiger partial charge in [0.2, 0.25) is 5.91 Å². The van der Waals surface area contributed by atoms with E-state index in [9.17, 15) is 4.79 Å². The van der Waals surface area contributed by atoms with Gasteiger partial charge in [-0.15, -0.1) is 0 Å². The van der Waals surface area contributed by atoms with Crippen LogP contribution < -0.4 is 10.1 Å². The number of nitrogens with zero attached hydrogens (tertiary/aromatic N) is 2. The minimum absolute atomic E-state index is 0.0594. The summed E-state index contributed by atoms with van der Waals surface area (Å²) in [4.78, 5) is 17.3.